The molecule has 2 fully saturated rings. The van der Waals surface area contributed by atoms with Crippen LogP contribution in [0.25, 0.3) is 0 Å². The van der Waals surface area contributed by atoms with Crippen LogP contribution in [0.2, 0.25) is 0 Å². The van der Waals surface area contributed by atoms with Gasteiger partial charge in [0.1, 0.15) is 5.83 Å². The predicted octanol–water partition coefficient (Wildman–Crippen LogP) is 8.69. The van der Waals surface area contributed by atoms with E-state index in [2.05, 4.69) is 36.4 Å². The second kappa shape index (κ2) is 10.6. The van der Waals surface area contributed by atoms with Gasteiger partial charge in [0.15, 0.2) is 0 Å². The van der Waals surface area contributed by atoms with Crippen LogP contribution in [0.4, 0.5) is 17.6 Å². The molecule has 0 aromatic heterocycles. The average Bonchev–Trinajstić information content (AvgIpc) is 2.73. The Morgan fingerprint density at radius 1 is 0.900 bits per heavy atom. The van der Waals surface area contributed by atoms with Crippen molar-refractivity contribution in [3.05, 3.63) is 59.4 Å². The number of rotatable bonds is 6. The van der Waals surface area contributed by atoms with E-state index in [-0.39, 0.29) is 6.08 Å². The third kappa shape index (κ3) is 6.72. The summed E-state index contributed by atoms with van der Waals surface area (Å²) in [4.78, 5) is 0. The van der Waals surface area contributed by atoms with Gasteiger partial charge in [-0.3, -0.25) is 0 Å². The predicted molar refractivity (Wildman–Crippen MR) is 115 cm³/mol. The normalized spacial score (nSPS) is 28.8. The lowest BCUT2D eigenvalue weighted by molar-refractivity contribution is -0.0821. The fourth-order valence-corrected chi connectivity index (χ4v) is 5.44. The van der Waals surface area contributed by atoms with Crippen molar-refractivity contribution in [2.45, 2.75) is 83.2 Å². The summed E-state index contributed by atoms with van der Waals surface area (Å²) in [6.07, 6.45) is 9.33. The minimum Gasteiger partial charge on any atom is -0.212 e. The van der Waals surface area contributed by atoms with E-state index in [0.29, 0.717) is 30.6 Å². The van der Waals surface area contributed by atoms with Gasteiger partial charge in [-0.15, -0.1) is 0 Å². The van der Waals surface area contributed by atoms with Crippen LogP contribution in [-0.4, -0.2) is 6.18 Å². The highest BCUT2D eigenvalue weighted by Crippen LogP contribution is 2.45. The van der Waals surface area contributed by atoms with Gasteiger partial charge in [-0.05, 0) is 100 Å². The molecule has 0 saturated heterocycles. The van der Waals surface area contributed by atoms with Gasteiger partial charge in [0.25, 0.3) is 0 Å². The molecule has 0 N–H and O–H groups in total. The molecule has 0 unspecified atom stereocenters. The quantitative estimate of drug-likeness (QED) is 0.318. The molecule has 0 atom stereocenters. The molecule has 0 bridgehead atoms. The van der Waals surface area contributed by atoms with E-state index in [1.54, 1.807) is 0 Å². The molecule has 0 nitrogen and oxygen atoms in total. The highest BCUT2D eigenvalue weighted by Gasteiger charge is 2.34. The van der Waals surface area contributed by atoms with Crippen LogP contribution in [0.15, 0.2) is 48.3 Å². The fourth-order valence-electron chi connectivity index (χ4n) is 5.44. The first-order chi connectivity index (χ1) is 14.4. The van der Waals surface area contributed by atoms with Gasteiger partial charge in [-0.25, -0.2) is 4.39 Å². The van der Waals surface area contributed by atoms with Crippen molar-refractivity contribution in [2.75, 3.05) is 0 Å². The Balaban J connectivity index is 1.44. The lowest BCUT2D eigenvalue weighted by atomic mass is 9.68. The van der Waals surface area contributed by atoms with Gasteiger partial charge in [-0.1, -0.05) is 36.4 Å². The number of alkyl halides is 3. The standard InChI is InChI=1S/C26H34F4/c1-2-3-4-5-19-6-8-20(9-7-19)21-10-12-22(13-11-21)23-14-16-24(17-15-23)25(27)18-26(28,29)30/h2-3,6-9,18,21-24H,4-5,10-17H2,1H3/b3-2+,25-18-. The molecule has 2 aliphatic carbocycles. The Kier molecular flexibility index (Phi) is 8.19. The van der Waals surface area contributed by atoms with Crippen LogP contribution in [0.1, 0.15) is 81.8 Å². The topological polar surface area (TPSA) is 0 Å². The van der Waals surface area contributed by atoms with Crippen LogP contribution in [0, 0.1) is 17.8 Å². The largest absolute Gasteiger partial charge is 0.412 e. The van der Waals surface area contributed by atoms with E-state index < -0.39 is 17.9 Å². The lowest BCUT2D eigenvalue weighted by Gasteiger charge is -2.37. The van der Waals surface area contributed by atoms with Crippen LogP contribution in [0.5, 0.6) is 0 Å². The third-order valence-corrected chi connectivity index (χ3v) is 7.19. The molecule has 1 aromatic carbocycles. The molecule has 0 spiro atoms. The van der Waals surface area contributed by atoms with Crippen molar-refractivity contribution >= 4 is 0 Å². The molecule has 1 aromatic rings. The Bertz CT molecular complexity index is 698. The Morgan fingerprint density at radius 2 is 1.47 bits per heavy atom. The minimum atomic E-state index is -4.55. The molecule has 0 radical (unpaired) electrons. The molecular weight excluding hydrogens is 388 g/mol. The summed E-state index contributed by atoms with van der Waals surface area (Å²) in [7, 11) is 0. The van der Waals surface area contributed by atoms with Crippen LogP contribution in [0.3, 0.4) is 0 Å². The second-order valence-corrected chi connectivity index (χ2v) is 9.14. The van der Waals surface area contributed by atoms with Crippen LogP contribution >= 0.6 is 0 Å². The van der Waals surface area contributed by atoms with Crippen molar-refractivity contribution < 1.29 is 17.6 Å². The molecule has 166 valence electrons. The summed E-state index contributed by atoms with van der Waals surface area (Å²) in [6, 6.07) is 9.10. The number of hydrogen-bond donors (Lipinski definition) is 0. The molecule has 0 aliphatic heterocycles. The summed E-state index contributed by atoms with van der Waals surface area (Å²) in [5, 5.41) is 0. The summed E-state index contributed by atoms with van der Waals surface area (Å²) in [5.74, 6) is 0.311. The van der Waals surface area contributed by atoms with Gasteiger partial charge in [0, 0.05) is 5.92 Å². The molecule has 2 aliphatic rings. The Morgan fingerprint density at radius 3 is 2.00 bits per heavy atom. The fraction of sp³-hybridized carbons (Fsp3) is 0.615. The highest BCUT2D eigenvalue weighted by atomic mass is 19.4. The summed E-state index contributed by atoms with van der Waals surface area (Å²) in [6.45, 7) is 2.05. The number of benzene rings is 1. The van der Waals surface area contributed by atoms with Crippen LogP contribution in [-0.2, 0) is 6.42 Å². The third-order valence-electron chi connectivity index (χ3n) is 7.19. The molecule has 30 heavy (non-hydrogen) atoms. The zero-order valence-corrected chi connectivity index (χ0v) is 17.9. The lowest BCUT2D eigenvalue weighted by Crippen LogP contribution is -2.25. The number of halogens is 4. The Hall–Kier alpha value is -1.58. The van der Waals surface area contributed by atoms with Gasteiger partial charge in [0.05, 0.1) is 6.08 Å². The molecule has 0 amide bonds. The van der Waals surface area contributed by atoms with Crippen molar-refractivity contribution in [1.29, 1.82) is 0 Å². The average molecular weight is 423 g/mol. The number of aryl methyl sites for hydroxylation is 1. The maximum atomic E-state index is 13.8. The van der Waals surface area contributed by atoms with Crippen LogP contribution < -0.4 is 0 Å². The van der Waals surface area contributed by atoms with Gasteiger partial charge in [-0.2, -0.15) is 13.2 Å². The van der Waals surface area contributed by atoms with Gasteiger partial charge < -0.3 is 0 Å². The van der Waals surface area contributed by atoms with E-state index >= 15 is 0 Å². The van der Waals surface area contributed by atoms with Gasteiger partial charge in [0.2, 0.25) is 0 Å². The van der Waals surface area contributed by atoms with E-state index in [9.17, 15) is 17.6 Å². The van der Waals surface area contributed by atoms with Crippen molar-refractivity contribution in [2.24, 2.45) is 17.8 Å². The minimum absolute atomic E-state index is 0.144. The molecule has 0 heterocycles. The highest BCUT2D eigenvalue weighted by molar-refractivity contribution is 5.26. The maximum absolute atomic E-state index is 13.8. The number of hydrogen-bond acceptors (Lipinski definition) is 0. The maximum Gasteiger partial charge on any atom is 0.412 e. The zero-order chi connectivity index (χ0) is 21.6. The van der Waals surface area contributed by atoms with Crippen molar-refractivity contribution in [3.63, 3.8) is 0 Å². The molecular formula is C26H34F4. The number of allylic oxidation sites excluding steroid dienone is 4. The first-order valence-electron chi connectivity index (χ1n) is 11.5. The summed E-state index contributed by atoms with van der Waals surface area (Å²) < 4.78 is 51.0. The van der Waals surface area contributed by atoms with E-state index in [0.717, 1.165) is 25.7 Å². The first kappa shape index (κ1) is 23.1. The van der Waals surface area contributed by atoms with Gasteiger partial charge >= 0.3 is 6.18 Å². The van der Waals surface area contributed by atoms with Crippen molar-refractivity contribution in [1.82, 2.24) is 0 Å². The van der Waals surface area contributed by atoms with E-state index in [1.807, 2.05) is 6.92 Å². The summed E-state index contributed by atoms with van der Waals surface area (Å²) >= 11 is 0. The first-order valence-corrected chi connectivity index (χ1v) is 11.5. The molecule has 2 saturated carbocycles. The molecule has 4 heteroatoms. The smallest absolute Gasteiger partial charge is 0.212 e. The zero-order valence-electron chi connectivity index (χ0n) is 17.9. The second-order valence-electron chi connectivity index (χ2n) is 9.14. The summed E-state index contributed by atoms with van der Waals surface area (Å²) in [5.41, 5.74) is 2.82. The Labute approximate surface area is 178 Å². The SMILES string of the molecule is C/C=C/CCc1ccc(C2CCC(C3CCC(/C(F)=C/C(F)(F)F)CC3)CC2)cc1. The molecule has 3 rings (SSSR count). The van der Waals surface area contributed by atoms with Crippen molar-refractivity contribution in [3.8, 4) is 0 Å². The van der Waals surface area contributed by atoms with E-state index in [4.69, 9.17) is 0 Å². The van der Waals surface area contributed by atoms with E-state index in [1.165, 1.54) is 36.8 Å². The monoisotopic (exact) mass is 422 g/mol.